The third-order valence-electron chi connectivity index (χ3n) is 3.66. The van der Waals surface area contributed by atoms with Crippen molar-refractivity contribution in [3.05, 3.63) is 75.1 Å². The van der Waals surface area contributed by atoms with E-state index < -0.39 is 41.6 Å². The van der Waals surface area contributed by atoms with Gasteiger partial charge in [-0.15, -0.1) is 0 Å². The molecule has 0 amide bonds. The lowest BCUT2D eigenvalue weighted by Gasteiger charge is -2.27. The number of nitro groups is 1. The van der Waals surface area contributed by atoms with Crippen LogP contribution in [0.2, 0.25) is 0 Å². The van der Waals surface area contributed by atoms with Crippen LogP contribution in [0.4, 0.5) is 43.4 Å². The Morgan fingerprint density at radius 2 is 1.64 bits per heavy atom. The first kappa shape index (κ1) is 21.0. The summed E-state index contributed by atoms with van der Waals surface area (Å²) in [6.45, 7) is 4.82. The van der Waals surface area contributed by atoms with Gasteiger partial charge >= 0.3 is 12.4 Å². The Labute approximate surface area is 154 Å². The van der Waals surface area contributed by atoms with E-state index in [1.165, 1.54) is 12.1 Å². The van der Waals surface area contributed by atoms with Crippen LogP contribution >= 0.6 is 0 Å². The third-order valence-corrected chi connectivity index (χ3v) is 3.66. The third kappa shape index (κ3) is 5.35. The molecule has 11 heteroatoms. The summed E-state index contributed by atoms with van der Waals surface area (Å²) in [5.41, 5.74) is -2.48. The van der Waals surface area contributed by atoms with E-state index >= 15 is 0 Å². The Morgan fingerprint density at radius 3 is 2.11 bits per heavy atom. The Hall–Kier alpha value is -3.29. The molecule has 0 unspecified atom stereocenters. The summed E-state index contributed by atoms with van der Waals surface area (Å²) in [7, 11) is 0. The van der Waals surface area contributed by atoms with Gasteiger partial charge in [0, 0.05) is 24.4 Å². The van der Waals surface area contributed by atoms with Crippen LogP contribution in [0.15, 0.2) is 42.5 Å². The van der Waals surface area contributed by atoms with E-state index in [-0.39, 0.29) is 16.9 Å². The second-order valence-electron chi connectivity index (χ2n) is 5.71. The molecule has 0 saturated carbocycles. The molecule has 28 heavy (non-hydrogen) atoms. The van der Waals surface area contributed by atoms with Gasteiger partial charge in [-0.2, -0.15) is 26.3 Å². The standard InChI is InChI=1S/C17H11F6N3O2/c1-24-15-7-6-13(8-14(15)17(21,22)23)25(10-16(18,19)20)9-11-2-4-12(5-3-11)26(27)28/h2-8H,9-10H2. The highest BCUT2D eigenvalue weighted by atomic mass is 19.4. The first-order valence-corrected chi connectivity index (χ1v) is 7.54. The molecule has 0 atom stereocenters. The van der Waals surface area contributed by atoms with Gasteiger partial charge in [-0.3, -0.25) is 10.1 Å². The molecule has 0 fully saturated rings. The van der Waals surface area contributed by atoms with Crippen molar-refractivity contribution in [3.63, 3.8) is 0 Å². The maximum absolute atomic E-state index is 13.1. The van der Waals surface area contributed by atoms with Gasteiger partial charge < -0.3 is 4.90 Å². The maximum atomic E-state index is 13.1. The van der Waals surface area contributed by atoms with E-state index in [1.54, 1.807) is 0 Å². The molecule has 0 bridgehead atoms. The fraction of sp³-hybridized carbons (Fsp3) is 0.235. The normalized spacial score (nSPS) is 11.8. The molecule has 2 aromatic carbocycles. The van der Waals surface area contributed by atoms with E-state index in [9.17, 15) is 36.5 Å². The van der Waals surface area contributed by atoms with Crippen LogP contribution in [-0.2, 0) is 12.7 Å². The van der Waals surface area contributed by atoms with Crippen LogP contribution in [0.5, 0.6) is 0 Å². The summed E-state index contributed by atoms with van der Waals surface area (Å²) < 4.78 is 78.2. The molecule has 0 aliphatic carbocycles. The Balaban J connectivity index is 2.43. The summed E-state index contributed by atoms with van der Waals surface area (Å²) in [6, 6.07) is 6.92. The topological polar surface area (TPSA) is 50.7 Å². The van der Waals surface area contributed by atoms with Crippen LogP contribution in [0.25, 0.3) is 4.85 Å². The Morgan fingerprint density at radius 1 is 1.04 bits per heavy atom. The number of nitrogens with zero attached hydrogens (tertiary/aromatic N) is 3. The molecule has 2 rings (SSSR count). The van der Waals surface area contributed by atoms with Crippen molar-refractivity contribution in [1.82, 2.24) is 0 Å². The van der Waals surface area contributed by atoms with Crippen molar-refractivity contribution < 1.29 is 31.3 Å². The van der Waals surface area contributed by atoms with E-state index in [2.05, 4.69) is 4.85 Å². The molecule has 0 spiro atoms. The molecular formula is C17H11F6N3O2. The lowest BCUT2D eigenvalue weighted by Crippen LogP contribution is -2.34. The van der Waals surface area contributed by atoms with E-state index in [4.69, 9.17) is 6.57 Å². The van der Waals surface area contributed by atoms with Gasteiger partial charge in [0.05, 0.1) is 17.1 Å². The second-order valence-corrected chi connectivity index (χ2v) is 5.71. The fourth-order valence-corrected chi connectivity index (χ4v) is 2.44. The van der Waals surface area contributed by atoms with Gasteiger partial charge in [0.15, 0.2) is 5.69 Å². The van der Waals surface area contributed by atoms with Crippen molar-refractivity contribution >= 4 is 17.1 Å². The monoisotopic (exact) mass is 403 g/mol. The minimum atomic E-state index is -4.91. The smallest absolute Gasteiger partial charge is 0.358 e. The predicted octanol–water partition coefficient (Wildman–Crippen LogP) is 5.73. The average Bonchev–Trinajstić information content (AvgIpc) is 2.59. The van der Waals surface area contributed by atoms with E-state index in [0.29, 0.717) is 11.0 Å². The highest BCUT2D eigenvalue weighted by molar-refractivity contribution is 5.62. The molecule has 0 N–H and O–H groups in total. The second kappa shape index (κ2) is 7.75. The number of halogens is 6. The summed E-state index contributed by atoms with van der Waals surface area (Å²) in [5, 5.41) is 10.7. The van der Waals surface area contributed by atoms with E-state index in [1.807, 2.05) is 0 Å². The Bertz CT molecular complexity index is 901. The fourth-order valence-electron chi connectivity index (χ4n) is 2.44. The summed E-state index contributed by atoms with van der Waals surface area (Å²) >= 11 is 0. The molecule has 0 heterocycles. The minimum Gasteiger partial charge on any atom is -0.358 e. The highest BCUT2D eigenvalue weighted by Crippen LogP contribution is 2.39. The number of anilines is 1. The van der Waals surface area contributed by atoms with E-state index in [0.717, 1.165) is 24.3 Å². The van der Waals surface area contributed by atoms with Gasteiger partial charge in [-0.05, 0) is 17.7 Å². The summed E-state index contributed by atoms with van der Waals surface area (Å²) in [4.78, 5) is 13.4. The predicted molar refractivity (Wildman–Crippen MR) is 87.9 cm³/mol. The number of hydrogen-bond donors (Lipinski definition) is 0. The molecule has 2 aromatic rings. The van der Waals surface area contributed by atoms with Crippen molar-refractivity contribution in [2.24, 2.45) is 0 Å². The average molecular weight is 403 g/mol. The quantitative estimate of drug-likeness (QED) is 0.277. The molecule has 0 aliphatic heterocycles. The minimum absolute atomic E-state index is 0.234. The first-order valence-electron chi connectivity index (χ1n) is 7.54. The highest BCUT2D eigenvalue weighted by Gasteiger charge is 2.35. The summed E-state index contributed by atoms with van der Waals surface area (Å²) in [5.74, 6) is 0. The van der Waals surface area contributed by atoms with Gasteiger partial charge in [-0.1, -0.05) is 18.2 Å². The first-order chi connectivity index (χ1) is 12.9. The molecule has 148 valence electrons. The molecule has 5 nitrogen and oxygen atoms in total. The molecule has 0 radical (unpaired) electrons. The number of nitro benzene ring substituents is 1. The molecular weight excluding hydrogens is 392 g/mol. The lowest BCUT2D eigenvalue weighted by molar-refractivity contribution is -0.384. The number of non-ortho nitro benzene ring substituents is 1. The lowest BCUT2D eigenvalue weighted by atomic mass is 10.1. The molecule has 0 saturated heterocycles. The number of rotatable bonds is 5. The van der Waals surface area contributed by atoms with Crippen LogP contribution in [0.3, 0.4) is 0 Å². The number of alkyl halides is 6. The number of benzene rings is 2. The van der Waals surface area contributed by atoms with Crippen LogP contribution in [0.1, 0.15) is 11.1 Å². The largest absolute Gasteiger partial charge is 0.407 e. The van der Waals surface area contributed by atoms with Crippen LogP contribution < -0.4 is 4.90 Å². The van der Waals surface area contributed by atoms with Crippen LogP contribution in [0, 0.1) is 16.7 Å². The zero-order valence-corrected chi connectivity index (χ0v) is 13.9. The van der Waals surface area contributed by atoms with Gasteiger partial charge in [0.25, 0.3) is 5.69 Å². The van der Waals surface area contributed by atoms with Crippen LogP contribution in [-0.4, -0.2) is 17.6 Å². The SMILES string of the molecule is [C-]#[N+]c1ccc(N(Cc2ccc([N+](=O)[O-])cc2)CC(F)(F)F)cc1C(F)(F)F. The van der Waals surface area contributed by atoms with Crippen molar-refractivity contribution in [3.8, 4) is 0 Å². The van der Waals surface area contributed by atoms with Gasteiger partial charge in [0.2, 0.25) is 0 Å². The molecule has 0 aromatic heterocycles. The van der Waals surface area contributed by atoms with Gasteiger partial charge in [-0.25, -0.2) is 4.85 Å². The maximum Gasteiger partial charge on any atom is 0.407 e. The Kier molecular flexibility index (Phi) is 5.82. The number of hydrogen-bond acceptors (Lipinski definition) is 3. The van der Waals surface area contributed by atoms with Crippen molar-refractivity contribution in [1.29, 1.82) is 0 Å². The van der Waals surface area contributed by atoms with Crippen molar-refractivity contribution in [2.45, 2.75) is 18.9 Å². The van der Waals surface area contributed by atoms with Crippen molar-refractivity contribution in [2.75, 3.05) is 11.4 Å². The molecule has 0 aliphatic rings. The van der Waals surface area contributed by atoms with Gasteiger partial charge in [0.1, 0.15) is 6.54 Å². The summed E-state index contributed by atoms with van der Waals surface area (Å²) in [6.07, 6.45) is -9.62. The zero-order chi connectivity index (χ0) is 21.1. The zero-order valence-electron chi connectivity index (χ0n) is 13.9.